The molecule has 1 fully saturated rings. The number of fused-ring (bicyclic) bond motifs is 1. The van der Waals surface area contributed by atoms with Crippen molar-refractivity contribution in [1.82, 2.24) is 24.6 Å². The molecule has 0 aliphatic carbocycles. The number of nitrogens with zero attached hydrogens (tertiary/aromatic N) is 5. The lowest BCUT2D eigenvalue weighted by atomic mass is 10.1. The van der Waals surface area contributed by atoms with Crippen LogP contribution in [0.25, 0.3) is 0 Å². The zero-order valence-electron chi connectivity index (χ0n) is 13.7. The molecule has 0 unspecified atom stereocenters. The van der Waals surface area contributed by atoms with Gasteiger partial charge in [-0.15, -0.1) is 10.2 Å². The summed E-state index contributed by atoms with van der Waals surface area (Å²) >= 11 is 1.78. The Balaban J connectivity index is 1.44. The highest BCUT2D eigenvalue weighted by molar-refractivity contribution is 7.07. The van der Waals surface area contributed by atoms with E-state index in [4.69, 9.17) is 0 Å². The van der Waals surface area contributed by atoms with Crippen LogP contribution < -0.4 is 0 Å². The molecule has 2 aromatic heterocycles. The Morgan fingerprint density at radius 2 is 1.78 bits per heavy atom. The third-order valence-electron chi connectivity index (χ3n) is 4.93. The molecule has 0 atom stereocenters. The highest BCUT2D eigenvalue weighted by atomic mass is 32.1. The maximum atomic E-state index is 4.51. The minimum atomic E-state index is 0.919. The molecule has 4 rings (SSSR count). The van der Waals surface area contributed by atoms with Gasteiger partial charge >= 0.3 is 0 Å². The summed E-state index contributed by atoms with van der Waals surface area (Å²) < 4.78 is 2.38. The van der Waals surface area contributed by atoms with Crippen molar-refractivity contribution in [3.8, 4) is 0 Å². The molecule has 0 amide bonds. The smallest absolute Gasteiger partial charge is 0.147 e. The van der Waals surface area contributed by atoms with Gasteiger partial charge in [-0.05, 0) is 54.7 Å². The summed E-state index contributed by atoms with van der Waals surface area (Å²) in [5, 5.41) is 13.4. The second kappa shape index (κ2) is 7.11. The van der Waals surface area contributed by atoms with Crippen LogP contribution in [-0.2, 0) is 26.2 Å². The first-order valence-electron chi connectivity index (χ1n) is 8.75. The highest BCUT2D eigenvalue weighted by Crippen LogP contribution is 2.18. The first-order chi connectivity index (χ1) is 11.4. The summed E-state index contributed by atoms with van der Waals surface area (Å²) in [6.45, 7) is 7.55. The Bertz CT molecular complexity index is 615. The fraction of sp³-hybridized carbons (Fsp3) is 0.647. The Labute approximate surface area is 141 Å². The van der Waals surface area contributed by atoms with Crippen molar-refractivity contribution < 1.29 is 0 Å². The molecule has 23 heavy (non-hydrogen) atoms. The lowest BCUT2D eigenvalue weighted by Crippen LogP contribution is -2.30. The Morgan fingerprint density at radius 1 is 0.913 bits per heavy atom. The normalized spacial score (nSPS) is 20.3. The largest absolute Gasteiger partial charge is 0.313 e. The molecule has 0 spiro atoms. The summed E-state index contributed by atoms with van der Waals surface area (Å²) in [6.07, 6.45) is 5.22. The summed E-state index contributed by atoms with van der Waals surface area (Å²) in [4.78, 5) is 5.04. The molecule has 124 valence electrons. The molecule has 2 aliphatic rings. The maximum absolute atomic E-state index is 4.51. The molecule has 1 saturated heterocycles. The van der Waals surface area contributed by atoms with Crippen LogP contribution in [0.1, 0.15) is 42.9 Å². The van der Waals surface area contributed by atoms with Crippen LogP contribution in [-0.4, -0.2) is 44.2 Å². The molecule has 4 heterocycles. The fourth-order valence-electron chi connectivity index (χ4n) is 3.69. The highest BCUT2D eigenvalue weighted by Gasteiger charge is 2.21. The van der Waals surface area contributed by atoms with E-state index in [9.17, 15) is 0 Å². The van der Waals surface area contributed by atoms with Gasteiger partial charge in [-0.2, -0.15) is 11.3 Å². The molecular weight excluding hydrogens is 306 g/mol. The summed E-state index contributed by atoms with van der Waals surface area (Å²) in [7, 11) is 0. The molecule has 6 heteroatoms. The Kier molecular flexibility index (Phi) is 4.73. The van der Waals surface area contributed by atoms with E-state index < -0.39 is 0 Å². The van der Waals surface area contributed by atoms with Crippen molar-refractivity contribution in [2.45, 2.75) is 51.9 Å². The predicted molar refractivity (Wildman–Crippen MR) is 92.2 cm³/mol. The van der Waals surface area contributed by atoms with E-state index in [1.165, 1.54) is 50.2 Å². The van der Waals surface area contributed by atoms with Gasteiger partial charge in [0.25, 0.3) is 0 Å². The quantitative estimate of drug-likeness (QED) is 0.863. The average molecular weight is 331 g/mol. The van der Waals surface area contributed by atoms with Crippen molar-refractivity contribution >= 4 is 11.3 Å². The number of likely N-dealkylation sites (tertiary alicyclic amines) is 1. The van der Waals surface area contributed by atoms with Gasteiger partial charge in [0.15, 0.2) is 0 Å². The lowest BCUT2D eigenvalue weighted by Gasteiger charge is -2.25. The van der Waals surface area contributed by atoms with E-state index in [-0.39, 0.29) is 0 Å². The van der Waals surface area contributed by atoms with E-state index in [0.717, 1.165) is 38.5 Å². The van der Waals surface area contributed by atoms with E-state index >= 15 is 0 Å². The van der Waals surface area contributed by atoms with Gasteiger partial charge in [-0.25, -0.2) is 0 Å². The number of rotatable bonds is 4. The molecule has 0 bridgehead atoms. The van der Waals surface area contributed by atoms with Gasteiger partial charge < -0.3 is 4.57 Å². The number of piperidine rings is 1. The fourth-order valence-corrected chi connectivity index (χ4v) is 4.35. The van der Waals surface area contributed by atoms with Gasteiger partial charge in [-0.3, -0.25) is 9.80 Å². The minimum absolute atomic E-state index is 0.919. The zero-order chi connectivity index (χ0) is 15.5. The van der Waals surface area contributed by atoms with Crippen LogP contribution in [0, 0.1) is 0 Å². The van der Waals surface area contributed by atoms with Gasteiger partial charge in [0.1, 0.15) is 11.6 Å². The molecule has 5 nitrogen and oxygen atoms in total. The molecule has 0 radical (unpaired) electrons. The standard InChI is InChI=1S/C17H25N5S/c1-2-6-20(7-3-1)12-16-18-19-17-13-21(8-4-9-22(16)17)11-15-5-10-23-14-15/h5,10,14H,1-4,6-9,11-13H2. The summed E-state index contributed by atoms with van der Waals surface area (Å²) in [6, 6.07) is 2.22. The molecule has 2 aromatic rings. The number of hydrogen-bond acceptors (Lipinski definition) is 5. The molecule has 0 aromatic carbocycles. The SMILES string of the molecule is c1cc(CN2CCCn3c(CN4CCCCC4)nnc3C2)cs1. The van der Waals surface area contributed by atoms with Crippen molar-refractivity contribution in [3.05, 3.63) is 34.0 Å². The Hall–Kier alpha value is -1.24. The molecule has 0 saturated carbocycles. The van der Waals surface area contributed by atoms with Crippen LogP contribution in [0.5, 0.6) is 0 Å². The van der Waals surface area contributed by atoms with Crippen molar-refractivity contribution in [1.29, 1.82) is 0 Å². The second-order valence-corrected chi connectivity index (χ2v) is 7.50. The average Bonchev–Trinajstić information content (AvgIpc) is 3.15. The number of thiophene rings is 1. The van der Waals surface area contributed by atoms with Crippen molar-refractivity contribution in [2.75, 3.05) is 19.6 Å². The first kappa shape index (κ1) is 15.3. The number of aromatic nitrogens is 3. The third-order valence-corrected chi connectivity index (χ3v) is 5.66. The minimum Gasteiger partial charge on any atom is -0.313 e. The van der Waals surface area contributed by atoms with E-state index in [2.05, 4.69) is 41.4 Å². The molecule has 0 N–H and O–H groups in total. The van der Waals surface area contributed by atoms with E-state index in [0.29, 0.717) is 0 Å². The third kappa shape index (κ3) is 3.65. The number of hydrogen-bond donors (Lipinski definition) is 0. The van der Waals surface area contributed by atoms with Gasteiger partial charge in [-0.1, -0.05) is 6.42 Å². The first-order valence-corrected chi connectivity index (χ1v) is 9.69. The van der Waals surface area contributed by atoms with Crippen LogP contribution >= 0.6 is 11.3 Å². The Morgan fingerprint density at radius 3 is 2.61 bits per heavy atom. The second-order valence-electron chi connectivity index (χ2n) is 6.72. The summed E-state index contributed by atoms with van der Waals surface area (Å²) in [5.74, 6) is 2.31. The zero-order valence-corrected chi connectivity index (χ0v) is 14.5. The van der Waals surface area contributed by atoms with Crippen molar-refractivity contribution in [2.24, 2.45) is 0 Å². The molecular formula is C17H25N5S. The van der Waals surface area contributed by atoms with Gasteiger partial charge in [0.05, 0.1) is 13.1 Å². The van der Waals surface area contributed by atoms with Crippen LogP contribution in [0.2, 0.25) is 0 Å². The van der Waals surface area contributed by atoms with Crippen LogP contribution in [0.15, 0.2) is 16.8 Å². The van der Waals surface area contributed by atoms with Gasteiger partial charge in [0, 0.05) is 19.6 Å². The van der Waals surface area contributed by atoms with E-state index in [1.807, 2.05) is 0 Å². The van der Waals surface area contributed by atoms with Crippen LogP contribution in [0.4, 0.5) is 0 Å². The summed E-state index contributed by atoms with van der Waals surface area (Å²) in [5.41, 5.74) is 1.41. The van der Waals surface area contributed by atoms with Crippen molar-refractivity contribution in [3.63, 3.8) is 0 Å². The lowest BCUT2D eigenvalue weighted by molar-refractivity contribution is 0.212. The molecule has 2 aliphatic heterocycles. The maximum Gasteiger partial charge on any atom is 0.147 e. The van der Waals surface area contributed by atoms with Crippen LogP contribution in [0.3, 0.4) is 0 Å². The predicted octanol–water partition coefficient (Wildman–Crippen LogP) is 2.73. The monoisotopic (exact) mass is 331 g/mol. The van der Waals surface area contributed by atoms with E-state index in [1.54, 1.807) is 11.3 Å². The topological polar surface area (TPSA) is 37.2 Å². The van der Waals surface area contributed by atoms with Gasteiger partial charge in [0.2, 0.25) is 0 Å².